The van der Waals surface area contributed by atoms with Gasteiger partial charge in [0.2, 0.25) is 5.95 Å². The van der Waals surface area contributed by atoms with Gasteiger partial charge in [-0.05, 0) is 18.2 Å². The first-order valence-corrected chi connectivity index (χ1v) is 8.44. The van der Waals surface area contributed by atoms with Gasteiger partial charge in [0.25, 0.3) is 5.91 Å². The van der Waals surface area contributed by atoms with Gasteiger partial charge < -0.3 is 4.98 Å². The van der Waals surface area contributed by atoms with Gasteiger partial charge in [0.05, 0.1) is 16.5 Å². The number of thiazole rings is 1. The Hall–Kier alpha value is -3.32. The third kappa shape index (κ3) is 3.05. The molecule has 4 aromatic rings. The van der Waals surface area contributed by atoms with E-state index in [0.717, 1.165) is 5.52 Å². The van der Waals surface area contributed by atoms with Gasteiger partial charge in [0.15, 0.2) is 5.78 Å². The number of fused-ring (bicyclic) bond motifs is 1. The maximum absolute atomic E-state index is 12.5. The largest absolute Gasteiger partial charge is 0.324 e. The van der Waals surface area contributed by atoms with Crippen molar-refractivity contribution in [2.75, 3.05) is 5.32 Å². The molecule has 2 N–H and O–H groups in total. The first-order chi connectivity index (χ1) is 12.2. The van der Waals surface area contributed by atoms with E-state index in [9.17, 15) is 9.59 Å². The topological polar surface area (TPSA) is 87.7 Å². The van der Waals surface area contributed by atoms with E-state index < -0.39 is 0 Å². The molecule has 7 heteroatoms. The molecule has 2 aromatic heterocycles. The molecule has 4 rings (SSSR count). The van der Waals surface area contributed by atoms with Gasteiger partial charge >= 0.3 is 0 Å². The predicted octanol–water partition coefficient (Wildman–Crippen LogP) is 3.50. The number of anilines is 1. The Labute approximate surface area is 146 Å². The molecule has 1 amide bonds. The van der Waals surface area contributed by atoms with E-state index >= 15 is 0 Å². The number of hydrogen-bond donors (Lipinski definition) is 2. The second kappa shape index (κ2) is 6.29. The average molecular weight is 348 g/mol. The fourth-order valence-corrected chi connectivity index (χ4v) is 2.99. The van der Waals surface area contributed by atoms with Crippen LogP contribution in [0.4, 0.5) is 5.95 Å². The number of rotatable bonds is 4. The van der Waals surface area contributed by atoms with Crippen molar-refractivity contribution >= 4 is 40.0 Å². The molecule has 0 aliphatic heterocycles. The summed E-state index contributed by atoms with van der Waals surface area (Å²) in [6, 6.07) is 14.3. The van der Waals surface area contributed by atoms with E-state index in [1.165, 1.54) is 11.3 Å². The number of aromatic nitrogens is 3. The summed E-state index contributed by atoms with van der Waals surface area (Å²) in [4.78, 5) is 35.9. The van der Waals surface area contributed by atoms with Crippen LogP contribution in [0.1, 0.15) is 26.4 Å². The van der Waals surface area contributed by atoms with Gasteiger partial charge in [-0.2, -0.15) is 0 Å². The summed E-state index contributed by atoms with van der Waals surface area (Å²) in [5.74, 6) is -0.0863. The van der Waals surface area contributed by atoms with Crippen LogP contribution in [-0.2, 0) is 0 Å². The summed E-state index contributed by atoms with van der Waals surface area (Å²) in [7, 11) is 0. The number of aromatic amines is 1. The van der Waals surface area contributed by atoms with E-state index in [4.69, 9.17) is 0 Å². The fourth-order valence-electron chi connectivity index (χ4n) is 2.46. The van der Waals surface area contributed by atoms with Gasteiger partial charge in [0, 0.05) is 16.5 Å². The summed E-state index contributed by atoms with van der Waals surface area (Å²) in [6.07, 6.45) is 0. The molecule has 0 aliphatic carbocycles. The molecule has 0 aliphatic rings. The molecule has 0 radical (unpaired) electrons. The lowest BCUT2D eigenvalue weighted by molar-refractivity contribution is 0.101. The van der Waals surface area contributed by atoms with Crippen molar-refractivity contribution in [3.8, 4) is 0 Å². The second-order valence-electron chi connectivity index (χ2n) is 5.34. The van der Waals surface area contributed by atoms with E-state index in [2.05, 4.69) is 20.3 Å². The van der Waals surface area contributed by atoms with Crippen LogP contribution in [0.2, 0.25) is 0 Å². The van der Waals surface area contributed by atoms with Crippen molar-refractivity contribution in [1.29, 1.82) is 0 Å². The average Bonchev–Trinajstić information content (AvgIpc) is 3.30. The maximum atomic E-state index is 12.5. The normalized spacial score (nSPS) is 10.7. The number of hydrogen-bond acceptors (Lipinski definition) is 5. The minimum Gasteiger partial charge on any atom is -0.324 e. The van der Waals surface area contributed by atoms with Gasteiger partial charge in [-0.1, -0.05) is 30.3 Å². The third-order valence-corrected chi connectivity index (χ3v) is 4.26. The quantitative estimate of drug-likeness (QED) is 0.553. The number of imidazole rings is 1. The Morgan fingerprint density at radius 1 is 1.04 bits per heavy atom. The minimum absolute atomic E-state index is 0.0708. The number of carbonyl (C=O) groups excluding carboxylic acids is 2. The highest BCUT2D eigenvalue weighted by Crippen LogP contribution is 2.19. The van der Waals surface area contributed by atoms with Crippen LogP contribution in [0.5, 0.6) is 0 Å². The Morgan fingerprint density at radius 2 is 1.88 bits per heavy atom. The van der Waals surface area contributed by atoms with E-state index in [1.807, 2.05) is 18.2 Å². The molecule has 2 aromatic carbocycles. The van der Waals surface area contributed by atoms with Crippen LogP contribution < -0.4 is 5.32 Å². The molecular formula is C18H12N4O2S. The summed E-state index contributed by atoms with van der Waals surface area (Å²) < 4.78 is 0. The van der Waals surface area contributed by atoms with Gasteiger partial charge in [-0.15, -0.1) is 11.3 Å². The molecule has 0 saturated carbocycles. The zero-order valence-corrected chi connectivity index (χ0v) is 13.7. The molecule has 0 unspecified atom stereocenters. The number of H-pyrrole nitrogens is 1. The number of nitrogens with one attached hydrogen (secondary N) is 2. The van der Waals surface area contributed by atoms with Crippen LogP contribution in [-0.4, -0.2) is 26.6 Å². The smallest absolute Gasteiger partial charge is 0.277 e. The van der Waals surface area contributed by atoms with Crippen molar-refractivity contribution in [3.63, 3.8) is 0 Å². The lowest BCUT2D eigenvalue weighted by Gasteiger charge is -2.00. The first kappa shape index (κ1) is 15.2. The Morgan fingerprint density at radius 3 is 2.64 bits per heavy atom. The lowest BCUT2D eigenvalue weighted by Crippen LogP contribution is -2.13. The molecule has 25 heavy (non-hydrogen) atoms. The Kier molecular flexibility index (Phi) is 3.83. The van der Waals surface area contributed by atoms with Crippen LogP contribution in [0, 0.1) is 0 Å². The third-order valence-electron chi connectivity index (χ3n) is 3.68. The SMILES string of the molecule is O=C(c1ccccc1)c1ccc2[nH]c(NC(=O)c3cscn3)nc2c1. The monoisotopic (exact) mass is 348 g/mol. The predicted molar refractivity (Wildman–Crippen MR) is 96.0 cm³/mol. The molecule has 122 valence electrons. The highest BCUT2D eigenvalue weighted by atomic mass is 32.1. The van der Waals surface area contributed by atoms with E-state index in [-0.39, 0.29) is 11.7 Å². The lowest BCUT2D eigenvalue weighted by atomic mass is 10.0. The van der Waals surface area contributed by atoms with Gasteiger partial charge in [0.1, 0.15) is 5.69 Å². The molecule has 0 bridgehead atoms. The molecule has 0 saturated heterocycles. The summed E-state index contributed by atoms with van der Waals surface area (Å²) in [6.45, 7) is 0. The number of benzene rings is 2. The first-order valence-electron chi connectivity index (χ1n) is 7.50. The maximum Gasteiger partial charge on any atom is 0.277 e. The summed E-state index contributed by atoms with van der Waals surface area (Å²) in [5.41, 5.74) is 4.44. The molecule has 0 spiro atoms. The van der Waals surface area contributed by atoms with Crippen LogP contribution in [0.15, 0.2) is 59.4 Å². The van der Waals surface area contributed by atoms with Crippen LogP contribution in [0.3, 0.4) is 0 Å². The van der Waals surface area contributed by atoms with Crippen molar-refractivity contribution in [2.24, 2.45) is 0 Å². The summed E-state index contributed by atoms with van der Waals surface area (Å²) >= 11 is 1.35. The standard InChI is InChI=1S/C18H12N4O2S/c23-16(11-4-2-1-3-5-11)12-6-7-13-14(8-12)21-18(20-13)22-17(24)15-9-25-10-19-15/h1-10H,(H2,20,21,22,24). The van der Waals surface area contributed by atoms with E-state index in [1.54, 1.807) is 41.2 Å². The van der Waals surface area contributed by atoms with E-state index in [0.29, 0.717) is 28.3 Å². The van der Waals surface area contributed by atoms with Gasteiger partial charge in [-0.3, -0.25) is 14.9 Å². The number of carbonyl (C=O) groups is 2. The number of amides is 1. The van der Waals surface area contributed by atoms with Gasteiger partial charge in [-0.25, -0.2) is 9.97 Å². The highest BCUT2D eigenvalue weighted by molar-refractivity contribution is 7.07. The highest BCUT2D eigenvalue weighted by Gasteiger charge is 2.13. The van der Waals surface area contributed by atoms with Crippen molar-refractivity contribution in [3.05, 3.63) is 76.2 Å². The number of nitrogens with zero attached hydrogens (tertiary/aromatic N) is 2. The van der Waals surface area contributed by atoms with Crippen LogP contribution in [0.25, 0.3) is 11.0 Å². The molecule has 2 heterocycles. The molecule has 0 fully saturated rings. The van der Waals surface area contributed by atoms with Crippen molar-refractivity contribution in [1.82, 2.24) is 15.0 Å². The minimum atomic E-state index is -0.333. The number of ketones is 1. The second-order valence-corrected chi connectivity index (χ2v) is 6.06. The fraction of sp³-hybridized carbons (Fsp3) is 0. The molecular weight excluding hydrogens is 336 g/mol. The summed E-state index contributed by atoms with van der Waals surface area (Å²) in [5, 5.41) is 4.33. The zero-order chi connectivity index (χ0) is 17.2. The van der Waals surface area contributed by atoms with Crippen LogP contribution >= 0.6 is 11.3 Å². The molecule has 6 nitrogen and oxygen atoms in total. The van der Waals surface area contributed by atoms with Crippen molar-refractivity contribution < 1.29 is 9.59 Å². The molecule has 0 atom stereocenters. The zero-order valence-electron chi connectivity index (χ0n) is 12.9. The Balaban J connectivity index is 1.61. The Bertz CT molecular complexity index is 1060. The van der Waals surface area contributed by atoms with Crippen molar-refractivity contribution in [2.45, 2.75) is 0 Å².